The van der Waals surface area contributed by atoms with Crippen LogP contribution in [-0.4, -0.2) is 51.7 Å². The van der Waals surface area contributed by atoms with E-state index in [1.54, 1.807) is 23.1 Å². The molecule has 0 aromatic heterocycles. The van der Waals surface area contributed by atoms with E-state index in [-0.39, 0.29) is 36.8 Å². The summed E-state index contributed by atoms with van der Waals surface area (Å²) < 4.78 is 13.4. The van der Waals surface area contributed by atoms with Crippen molar-refractivity contribution >= 4 is 23.8 Å². The second-order valence-electron chi connectivity index (χ2n) is 10.4. The van der Waals surface area contributed by atoms with Gasteiger partial charge in [-0.2, -0.15) is 0 Å². The lowest BCUT2D eigenvalue weighted by atomic mass is 9.78. The first-order chi connectivity index (χ1) is 17.6. The maximum atomic E-state index is 13.5. The normalized spacial score (nSPS) is 23.5. The molecule has 1 spiro atoms. The highest BCUT2D eigenvalue weighted by atomic mass is 19.1. The number of nitrogens with zero attached hydrogens (tertiary/aromatic N) is 2. The van der Waals surface area contributed by atoms with Crippen LogP contribution in [0.5, 0.6) is 0 Å². The number of allylic oxidation sites excluding steroid dienone is 4. The molecule has 4 aliphatic rings. The van der Waals surface area contributed by atoms with Crippen molar-refractivity contribution in [2.45, 2.75) is 64.1 Å². The number of fused-ring (bicyclic) bond motifs is 1. The first kappa shape index (κ1) is 24.9. The van der Waals surface area contributed by atoms with Crippen molar-refractivity contribution in [1.29, 1.82) is 0 Å². The number of rotatable bonds is 7. The zero-order chi connectivity index (χ0) is 26.3. The predicted octanol–water partition coefficient (Wildman–Crippen LogP) is 3.31. The SMILES string of the molecule is CC(=O)NC1=CCC2=CC3(CCC2=C1)NC(=O)N(CC(=O)N(Cc1ccc(F)cc1)[C@@H](C)C1CC1)C3=O. The summed E-state index contributed by atoms with van der Waals surface area (Å²) in [6, 6.07) is 5.39. The standard InChI is InChI=1S/C28H31FN4O4/c1-17(20-5-6-20)32(15-19-3-8-23(29)9-4-19)25(35)16-33-26(36)28(31-27(33)37)12-11-21-13-24(30-18(2)34)10-7-22(21)14-28/h3-4,8-10,13-14,17,20H,5-7,11-12,15-16H2,1-2H3,(H,30,34)(H,31,37)/t17-,28?/m0/s1. The lowest BCUT2D eigenvalue weighted by Gasteiger charge is -2.33. The second-order valence-corrected chi connectivity index (χ2v) is 10.4. The first-order valence-electron chi connectivity index (χ1n) is 12.7. The molecule has 1 heterocycles. The van der Waals surface area contributed by atoms with Gasteiger partial charge in [-0.3, -0.25) is 19.3 Å². The maximum Gasteiger partial charge on any atom is 0.325 e. The van der Waals surface area contributed by atoms with E-state index >= 15 is 0 Å². The lowest BCUT2D eigenvalue weighted by molar-refractivity contribution is -0.140. The van der Waals surface area contributed by atoms with E-state index in [0.29, 0.717) is 25.2 Å². The highest BCUT2D eigenvalue weighted by Gasteiger charge is 2.52. The second kappa shape index (κ2) is 9.61. The smallest absolute Gasteiger partial charge is 0.325 e. The molecule has 37 heavy (non-hydrogen) atoms. The molecule has 2 atom stereocenters. The summed E-state index contributed by atoms with van der Waals surface area (Å²) >= 11 is 0. The molecule has 8 nitrogen and oxygen atoms in total. The van der Waals surface area contributed by atoms with Crippen molar-refractivity contribution in [3.8, 4) is 0 Å². The van der Waals surface area contributed by atoms with Gasteiger partial charge in [0, 0.05) is 25.2 Å². The molecule has 194 valence electrons. The number of benzene rings is 1. The van der Waals surface area contributed by atoms with Gasteiger partial charge in [-0.05, 0) is 85.9 Å². The van der Waals surface area contributed by atoms with Gasteiger partial charge in [0.15, 0.2) is 0 Å². The monoisotopic (exact) mass is 506 g/mol. The average Bonchev–Trinajstić information content (AvgIpc) is 3.68. The third-order valence-corrected chi connectivity index (χ3v) is 7.69. The third-order valence-electron chi connectivity index (χ3n) is 7.69. The molecule has 1 unspecified atom stereocenters. The Labute approximate surface area is 215 Å². The number of hydrogen-bond acceptors (Lipinski definition) is 4. The van der Waals surface area contributed by atoms with Crippen molar-refractivity contribution in [2.24, 2.45) is 5.92 Å². The first-order valence-corrected chi connectivity index (χ1v) is 12.7. The van der Waals surface area contributed by atoms with Crippen molar-refractivity contribution < 1.29 is 23.6 Å². The van der Waals surface area contributed by atoms with Crippen molar-refractivity contribution in [3.63, 3.8) is 0 Å². The summed E-state index contributed by atoms with van der Waals surface area (Å²) in [6.07, 6.45) is 9.12. The number of amides is 5. The maximum absolute atomic E-state index is 13.5. The van der Waals surface area contributed by atoms with Crippen LogP contribution < -0.4 is 10.6 Å². The summed E-state index contributed by atoms with van der Waals surface area (Å²) in [7, 11) is 0. The molecule has 5 rings (SSSR count). The molecule has 1 aliphatic heterocycles. The quantitative estimate of drug-likeness (QED) is 0.555. The van der Waals surface area contributed by atoms with Crippen LogP contribution in [-0.2, 0) is 20.9 Å². The number of imide groups is 1. The predicted molar refractivity (Wildman–Crippen MR) is 134 cm³/mol. The van der Waals surface area contributed by atoms with Gasteiger partial charge >= 0.3 is 6.03 Å². The third kappa shape index (κ3) is 5.08. The summed E-state index contributed by atoms with van der Waals surface area (Å²) in [4.78, 5) is 54.1. The van der Waals surface area contributed by atoms with E-state index in [1.807, 2.05) is 19.1 Å². The minimum absolute atomic E-state index is 0.0522. The van der Waals surface area contributed by atoms with Gasteiger partial charge in [0.1, 0.15) is 17.9 Å². The average molecular weight is 507 g/mol. The van der Waals surface area contributed by atoms with Crippen LogP contribution in [0.1, 0.15) is 51.5 Å². The van der Waals surface area contributed by atoms with E-state index < -0.39 is 17.5 Å². The summed E-state index contributed by atoms with van der Waals surface area (Å²) in [6.45, 7) is 3.38. The number of nitrogens with one attached hydrogen (secondary N) is 2. The molecule has 1 aromatic carbocycles. The van der Waals surface area contributed by atoms with Crippen LogP contribution in [0.4, 0.5) is 9.18 Å². The zero-order valence-corrected chi connectivity index (χ0v) is 21.1. The van der Waals surface area contributed by atoms with E-state index in [0.717, 1.165) is 40.1 Å². The van der Waals surface area contributed by atoms with Crippen molar-refractivity contribution in [1.82, 2.24) is 20.4 Å². The van der Waals surface area contributed by atoms with Crippen molar-refractivity contribution in [2.75, 3.05) is 6.54 Å². The fourth-order valence-electron chi connectivity index (χ4n) is 5.43. The summed E-state index contributed by atoms with van der Waals surface area (Å²) in [5.41, 5.74) is 2.30. The molecule has 5 amide bonds. The topological polar surface area (TPSA) is 98.8 Å². The fraction of sp³-hybridized carbons (Fsp3) is 0.429. The Balaban J connectivity index is 1.32. The van der Waals surface area contributed by atoms with Gasteiger partial charge in [0.25, 0.3) is 5.91 Å². The minimum atomic E-state index is -1.17. The molecule has 2 N–H and O–H groups in total. The van der Waals surface area contributed by atoms with E-state index in [2.05, 4.69) is 10.6 Å². The van der Waals surface area contributed by atoms with Crippen LogP contribution in [0, 0.1) is 11.7 Å². The van der Waals surface area contributed by atoms with Crippen LogP contribution in [0.15, 0.2) is 59.3 Å². The molecule has 2 fully saturated rings. The Hall–Kier alpha value is -3.75. The number of halogens is 1. The van der Waals surface area contributed by atoms with E-state index in [9.17, 15) is 23.6 Å². The van der Waals surface area contributed by atoms with Crippen LogP contribution in [0.2, 0.25) is 0 Å². The molecule has 1 aromatic rings. The molecular formula is C28H31FN4O4. The highest BCUT2D eigenvalue weighted by molar-refractivity contribution is 6.10. The van der Waals surface area contributed by atoms with Crippen LogP contribution in [0.3, 0.4) is 0 Å². The highest BCUT2D eigenvalue weighted by Crippen LogP contribution is 2.39. The molecule has 9 heteroatoms. The Bertz CT molecular complexity index is 1250. The van der Waals surface area contributed by atoms with Gasteiger partial charge in [-0.15, -0.1) is 0 Å². The molecule has 1 saturated heterocycles. The molecule has 3 aliphatic carbocycles. The Kier molecular flexibility index (Phi) is 6.47. The Morgan fingerprint density at radius 1 is 1.22 bits per heavy atom. The van der Waals surface area contributed by atoms with Gasteiger partial charge in [-0.25, -0.2) is 9.18 Å². The Morgan fingerprint density at radius 3 is 2.62 bits per heavy atom. The van der Waals surface area contributed by atoms with Crippen molar-refractivity contribution in [3.05, 3.63) is 70.7 Å². The minimum Gasteiger partial charge on any atom is -0.334 e. The number of urea groups is 1. The molecular weight excluding hydrogens is 475 g/mol. The number of carbonyl (C=O) groups excluding carboxylic acids is 4. The number of carbonyl (C=O) groups is 4. The largest absolute Gasteiger partial charge is 0.334 e. The number of hydrogen-bond donors (Lipinski definition) is 2. The van der Waals surface area contributed by atoms with Gasteiger partial charge in [0.05, 0.1) is 0 Å². The van der Waals surface area contributed by atoms with Gasteiger partial charge in [-0.1, -0.05) is 18.2 Å². The van der Waals surface area contributed by atoms with Gasteiger partial charge in [0.2, 0.25) is 11.8 Å². The molecule has 0 bridgehead atoms. The van der Waals surface area contributed by atoms with Crippen LogP contribution >= 0.6 is 0 Å². The van der Waals surface area contributed by atoms with Gasteiger partial charge < -0.3 is 15.5 Å². The molecule has 0 radical (unpaired) electrons. The summed E-state index contributed by atoms with van der Waals surface area (Å²) in [5.74, 6) is -0.843. The van der Waals surface area contributed by atoms with E-state index in [4.69, 9.17) is 0 Å². The van der Waals surface area contributed by atoms with Crippen LogP contribution in [0.25, 0.3) is 0 Å². The van der Waals surface area contributed by atoms with E-state index in [1.165, 1.54) is 19.1 Å². The fourth-order valence-corrected chi connectivity index (χ4v) is 5.43. The zero-order valence-electron chi connectivity index (χ0n) is 21.1. The molecule has 1 saturated carbocycles. The Morgan fingerprint density at radius 2 is 1.95 bits per heavy atom. The lowest BCUT2D eigenvalue weighted by Crippen LogP contribution is -2.49. The summed E-state index contributed by atoms with van der Waals surface area (Å²) in [5, 5.41) is 5.63.